The van der Waals surface area contributed by atoms with E-state index in [4.69, 9.17) is 0 Å². The van der Waals surface area contributed by atoms with E-state index in [1.165, 1.54) is 18.6 Å². The molecule has 3 heteroatoms. The first kappa shape index (κ1) is 11.1. The number of benzene rings is 1. The van der Waals surface area contributed by atoms with Crippen LogP contribution in [0.3, 0.4) is 0 Å². The van der Waals surface area contributed by atoms with Gasteiger partial charge >= 0.3 is 0 Å². The fourth-order valence-electron chi connectivity index (χ4n) is 2.18. The van der Waals surface area contributed by atoms with Crippen LogP contribution >= 0.6 is 15.9 Å². The topological polar surface area (TPSA) is 0 Å². The molecule has 15 heavy (non-hydrogen) atoms. The predicted molar refractivity (Wildman–Crippen MR) is 60.1 cm³/mol. The van der Waals surface area contributed by atoms with Crippen molar-refractivity contribution in [3.8, 4) is 0 Å². The molecule has 0 saturated heterocycles. The van der Waals surface area contributed by atoms with E-state index >= 15 is 0 Å². The Morgan fingerprint density at radius 2 is 1.73 bits per heavy atom. The Hall–Kier alpha value is -0.440. The lowest BCUT2D eigenvalue weighted by molar-refractivity contribution is 0.169. The van der Waals surface area contributed by atoms with Crippen LogP contribution in [0.1, 0.15) is 24.8 Å². The van der Waals surface area contributed by atoms with Gasteiger partial charge in [0.1, 0.15) is 11.6 Å². The van der Waals surface area contributed by atoms with E-state index in [0.717, 1.165) is 36.2 Å². The second-order valence-corrected chi connectivity index (χ2v) is 5.00. The molecule has 0 unspecified atom stereocenters. The van der Waals surface area contributed by atoms with E-state index in [-0.39, 0.29) is 5.41 Å². The molecule has 0 bridgehead atoms. The molecule has 1 aliphatic carbocycles. The van der Waals surface area contributed by atoms with Gasteiger partial charge in [-0.05, 0) is 42.4 Å². The molecule has 82 valence electrons. The molecular weight excluding hydrogens is 262 g/mol. The van der Waals surface area contributed by atoms with Crippen molar-refractivity contribution in [3.63, 3.8) is 0 Å². The third kappa shape index (κ3) is 2.39. The molecular formula is C12H13BrF2. The summed E-state index contributed by atoms with van der Waals surface area (Å²) in [5.74, 6) is -0.955. The van der Waals surface area contributed by atoms with Gasteiger partial charge in [0.05, 0.1) is 0 Å². The minimum Gasteiger partial charge on any atom is -0.207 e. The molecule has 1 saturated carbocycles. The molecule has 0 nitrogen and oxygen atoms in total. The maximum atomic E-state index is 13.0. The first-order valence-corrected chi connectivity index (χ1v) is 6.27. The SMILES string of the molecule is Fc1cc(F)cc(CC2(CBr)CCC2)c1. The first-order valence-electron chi connectivity index (χ1n) is 5.15. The van der Waals surface area contributed by atoms with Gasteiger partial charge in [0, 0.05) is 11.4 Å². The van der Waals surface area contributed by atoms with Crippen molar-refractivity contribution in [1.29, 1.82) is 0 Å². The maximum Gasteiger partial charge on any atom is 0.126 e. The van der Waals surface area contributed by atoms with Crippen molar-refractivity contribution >= 4 is 15.9 Å². The predicted octanol–water partition coefficient (Wildman–Crippen LogP) is 4.07. The van der Waals surface area contributed by atoms with Gasteiger partial charge in [-0.2, -0.15) is 0 Å². The molecule has 0 amide bonds. The molecule has 0 heterocycles. The van der Waals surface area contributed by atoms with E-state index < -0.39 is 11.6 Å². The molecule has 1 aromatic rings. The Labute approximate surface area is 96.8 Å². The lowest BCUT2D eigenvalue weighted by atomic mass is 9.67. The monoisotopic (exact) mass is 274 g/mol. The average molecular weight is 275 g/mol. The Morgan fingerprint density at radius 3 is 2.13 bits per heavy atom. The third-order valence-corrected chi connectivity index (χ3v) is 4.39. The molecule has 0 N–H and O–H groups in total. The van der Waals surface area contributed by atoms with Crippen LogP contribution in [-0.2, 0) is 6.42 Å². The summed E-state index contributed by atoms with van der Waals surface area (Å²) in [6.07, 6.45) is 4.29. The fourth-order valence-corrected chi connectivity index (χ4v) is 2.94. The van der Waals surface area contributed by atoms with Gasteiger partial charge in [-0.3, -0.25) is 0 Å². The Bertz CT molecular complexity index is 333. The van der Waals surface area contributed by atoms with E-state index in [1.807, 2.05) is 0 Å². The van der Waals surface area contributed by atoms with Gasteiger partial charge in [-0.25, -0.2) is 8.78 Å². The molecule has 0 atom stereocenters. The van der Waals surface area contributed by atoms with E-state index in [0.29, 0.717) is 0 Å². The molecule has 0 aliphatic heterocycles. The van der Waals surface area contributed by atoms with Crippen LogP contribution in [0.4, 0.5) is 8.78 Å². The zero-order chi connectivity index (χ0) is 10.9. The van der Waals surface area contributed by atoms with Crippen molar-refractivity contribution in [1.82, 2.24) is 0 Å². The highest BCUT2D eigenvalue weighted by Crippen LogP contribution is 2.45. The van der Waals surface area contributed by atoms with Crippen molar-refractivity contribution in [2.24, 2.45) is 5.41 Å². The fraction of sp³-hybridized carbons (Fsp3) is 0.500. The van der Waals surface area contributed by atoms with Crippen molar-refractivity contribution in [2.45, 2.75) is 25.7 Å². The number of alkyl halides is 1. The molecule has 1 aliphatic rings. The Morgan fingerprint density at radius 1 is 1.13 bits per heavy atom. The van der Waals surface area contributed by atoms with Gasteiger partial charge < -0.3 is 0 Å². The minimum atomic E-state index is -0.478. The summed E-state index contributed by atoms with van der Waals surface area (Å²) in [6.45, 7) is 0. The lowest BCUT2D eigenvalue weighted by Gasteiger charge is -2.40. The molecule has 0 spiro atoms. The van der Waals surface area contributed by atoms with Crippen LogP contribution in [0.5, 0.6) is 0 Å². The normalized spacial score (nSPS) is 18.6. The third-order valence-electron chi connectivity index (χ3n) is 3.20. The number of rotatable bonds is 3. The molecule has 1 fully saturated rings. The molecule has 0 aromatic heterocycles. The Kier molecular flexibility index (Phi) is 3.10. The zero-order valence-corrected chi connectivity index (χ0v) is 9.99. The zero-order valence-electron chi connectivity index (χ0n) is 8.40. The van der Waals surface area contributed by atoms with Crippen molar-refractivity contribution in [2.75, 3.05) is 5.33 Å². The summed E-state index contributed by atoms with van der Waals surface area (Å²) in [7, 11) is 0. The smallest absolute Gasteiger partial charge is 0.126 e. The van der Waals surface area contributed by atoms with Crippen LogP contribution in [0, 0.1) is 17.0 Å². The highest BCUT2D eigenvalue weighted by atomic mass is 79.9. The van der Waals surface area contributed by atoms with Crippen LogP contribution in [0.15, 0.2) is 18.2 Å². The summed E-state index contributed by atoms with van der Waals surface area (Å²) in [5, 5.41) is 0.915. The first-order chi connectivity index (χ1) is 7.13. The van der Waals surface area contributed by atoms with E-state index in [1.54, 1.807) is 0 Å². The number of halogens is 3. The minimum absolute atomic E-state index is 0.236. The van der Waals surface area contributed by atoms with Gasteiger partial charge in [0.25, 0.3) is 0 Å². The highest BCUT2D eigenvalue weighted by Gasteiger charge is 2.35. The second kappa shape index (κ2) is 4.20. The second-order valence-electron chi connectivity index (χ2n) is 4.44. The summed E-state index contributed by atoms with van der Waals surface area (Å²) in [5.41, 5.74) is 1.01. The summed E-state index contributed by atoms with van der Waals surface area (Å²) in [6, 6.07) is 3.79. The van der Waals surface area contributed by atoms with Crippen molar-refractivity contribution in [3.05, 3.63) is 35.4 Å². The van der Waals surface area contributed by atoms with Crippen LogP contribution in [-0.4, -0.2) is 5.33 Å². The van der Waals surface area contributed by atoms with Crippen LogP contribution in [0.2, 0.25) is 0 Å². The summed E-state index contributed by atoms with van der Waals surface area (Å²) in [4.78, 5) is 0. The average Bonchev–Trinajstić information content (AvgIpc) is 2.10. The van der Waals surface area contributed by atoms with E-state index in [9.17, 15) is 8.78 Å². The van der Waals surface area contributed by atoms with Crippen molar-refractivity contribution < 1.29 is 8.78 Å². The van der Waals surface area contributed by atoms with Gasteiger partial charge in [0.2, 0.25) is 0 Å². The Balaban J connectivity index is 2.16. The molecule has 0 radical (unpaired) electrons. The quantitative estimate of drug-likeness (QED) is 0.729. The molecule has 1 aromatic carbocycles. The number of hydrogen-bond donors (Lipinski definition) is 0. The van der Waals surface area contributed by atoms with Crippen LogP contribution in [0.25, 0.3) is 0 Å². The van der Waals surface area contributed by atoms with E-state index in [2.05, 4.69) is 15.9 Å². The molecule has 2 rings (SSSR count). The highest BCUT2D eigenvalue weighted by molar-refractivity contribution is 9.09. The summed E-state index contributed by atoms with van der Waals surface area (Å²) >= 11 is 3.49. The largest absolute Gasteiger partial charge is 0.207 e. The van der Waals surface area contributed by atoms with Crippen LogP contribution < -0.4 is 0 Å². The van der Waals surface area contributed by atoms with Gasteiger partial charge in [-0.1, -0.05) is 22.4 Å². The standard InChI is InChI=1S/C12H13BrF2/c13-8-12(2-1-3-12)7-9-4-10(14)6-11(15)5-9/h4-6H,1-3,7-8H2. The maximum absolute atomic E-state index is 13.0. The summed E-state index contributed by atoms with van der Waals surface area (Å²) < 4.78 is 26.0. The van der Waals surface area contributed by atoms with Gasteiger partial charge in [0.15, 0.2) is 0 Å². The van der Waals surface area contributed by atoms with Gasteiger partial charge in [-0.15, -0.1) is 0 Å². The lowest BCUT2D eigenvalue weighted by Crippen LogP contribution is -2.33. The number of hydrogen-bond acceptors (Lipinski definition) is 0.